The van der Waals surface area contributed by atoms with E-state index in [2.05, 4.69) is 5.32 Å². The number of ether oxygens (including phenoxy) is 1. The molecular weight excluding hydrogens is 221 g/mol. The van der Waals surface area contributed by atoms with Crippen LogP contribution in [0.25, 0.3) is 0 Å². The third-order valence-electron chi connectivity index (χ3n) is 2.43. The van der Waals surface area contributed by atoms with Crippen LogP contribution < -0.4 is 5.32 Å². The summed E-state index contributed by atoms with van der Waals surface area (Å²) in [4.78, 5) is 11.8. The molecule has 0 heterocycles. The van der Waals surface area contributed by atoms with Crippen molar-refractivity contribution in [1.29, 1.82) is 0 Å². The number of hydrogen-bond donors (Lipinski definition) is 1. The smallest absolute Gasteiger partial charge is 0.251 e. The van der Waals surface area contributed by atoms with Crippen molar-refractivity contribution in [1.82, 2.24) is 5.32 Å². The van der Waals surface area contributed by atoms with Crippen molar-refractivity contribution in [3.05, 3.63) is 35.1 Å². The van der Waals surface area contributed by atoms with Crippen molar-refractivity contribution in [3.8, 4) is 0 Å². The van der Waals surface area contributed by atoms with Gasteiger partial charge in [0, 0.05) is 18.7 Å². The second-order valence-electron chi connectivity index (χ2n) is 3.94. The number of benzene rings is 1. The predicted molar refractivity (Wildman–Crippen MR) is 64.6 cm³/mol. The molecule has 0 aliphatic heterocycles. The molecule has 1 rings (SSSR count). The summed E-state index contributed by atoms with van der Waals surface area (Å²) in [6.45, 7) is 6.57. The molecule has 17 heavy (non-hydrogen) atoms. The van der Waals surface area contributed by atoms with E-state index in [0.717, 1.165) is 0 Å². The molecule has 94 valence electrons. The monoisotopic (exact) mass is 239 g/mol. The van der Waals surface area contributed by atoms with E-state index in [1.165, 1.54) is 18.2 Å². The number of carbonyl (C=O) groups excluding carboxylic acids is 1. The zero-order chi connectivity index (χ0) is 12.8. The van der Waals surface area contributed by atoms with Gasteiger partial charge in [-0.15, -0.1) is 0 Å². The van der Waals surface area contributed by atoms with E-state index in [4.69, 9.17) is 4.74 Å². The van der Waals surface area contributed by atoms with Crippen LogP contribution in [0.2, 0.25) is 0 Å². The van der Waals surface area contributed by atoms with Gasteiger partial charge in [-0.25, -0.2) is 4.39 Å². The van der Waals surface area contributed by atoms with Crippen LogP contribution in [0.3, 0.4) is 0 Å². The molecule has 0 bridgehead atoms. The normalized spacial score (nSPS) is 12.2. The summed E-state index contributed by atoms with van der Waals surface area (Å²) in [5.41, 5.74) is 1.13. The first-order valence-electron chi connectivity index (χ1n) is 5.70. The van der Waals surface area contributed by atoms with Crippen molar-refractivity contribution in [2.45, 2.75) is 26.9 Å². The first kappa shape index (κ1) is 13.6. The molecule has 1 N–H and O–H groups in total. The Bertz CT molecular complexity index is 393. The van der Waals surface area contributed by atoms with E-state index < -0.39 is 0 Å². The minimum Gasteiger partial charge on any atom is -0.377 e. The van der Waals surface area contributed by atoms with E-state index in [-0.39, 0.29) is 17.8 Å². The van der Waals surface area contributed by atoms with E-state index >= 15 is 0 Å². The fraction of sp³-hybridized carbons (Fsp3) is 0.462. The predicted octanol–water partition coefficient (Wildman–Crippen LogP) is 2.29. The van der Waals surface area contributed by atoms with Crippen LogP contribution >= 0.6 is 0 Å². The maximum atomic E-state index is 12.9. The van der Waals surface area contributed by atoms with Crippen LogP contribution in [0.5, 0.6) is 0 Å². The second kappa shape index (κ2) is 6.35. The van der Waals surface area contributed by atoms with Crippen LogP contribution in [0.1, 0.15) is 29.8 Å². The van der Waals surface area contributed by atoms with E-state index in [0.29, 0.717) is 24.3 Å². The summed E-state index contributed by atoms with van der Waals surface area (Å²) in [5, 5.41) is 2.76. The molecule has 1 aromatic carbocycles. The Morgan fingerprint density at radius 1 is 1.53 bits per heavy atom. The highest BCUT2D eigenvalue weighted by atomic mass is 19.1. The largest absolute Gasteiger partial charge is 0.377 e. The maximum Gasteiger partial charge on any atom is 0.251 e. The van der Waals surface area contributed by atoms with Crippen molar-refractivity contribution in [2.75, 3.05) is 13.2 Å². The van der Waals surface area contributed by atoms with Gasteiger partial charge < -0.3 is 10.1 Å². The number of rotatable bonds is 5. The molecule has 0 aliphatic carbocycles. The van der Waals surface area contributed by atoms with E-state index in [1.807, 2.05) is 13.8 Å². The minimum atomic E-state index is -0.332. The second-order valence-corrected chi connectivity index (χ2v) is 3.94. The molecule has 3 nitrogen and oxygen atoms in total. The molecule has 0 aromatic heterocycles. The van der Waals surface area contributed by atoms with Crippen molar-refractivity contribution < 1.29 is 13.9 Å². The summed E-state index contributed by atoms with van der Waals surface area (Å²) >= 11 is 0. The average Bonchev–Trinajstić information content (AvgIpc) is 2.26. The Morgan fingerprint density at radius 2 is 2.24 bits per heavy atom. The molecule has 0 fully saturated rings. The fourth-order valence-corrected chi connectivity index (χ4v) is 1.56. The number of nitrogens with one attached hydrogen (secondary N) is 1. The van der Waals surface area contributed by atoms with Crippen molar-refractivity contribution >= 4 is 5.91 Å². The minimum absolute atomic E-state index is 0.0234. The lowest BCUT2D eigenvalue weighted by Crippen LogP contribution is -2.32. The Balaban J connectivity index is 2.58. The molecule has 0 radical (unpaired) electrons. The molecule has 0 aliphatic rings. The fourth-order valence-electron chi connectivity index (χ4n) is 1.56. The van der Waals surface area contributed by atoms with Gasteiger partial charge in [0.25, 0.3) is 5.91 Å². The van der Waals surface area contributed by atoms with Gasteiger partial charge in [0.05, 0.1) is 6.10 Å². The SMILES string of the molecule is CCOC(C)CNC(=O)c1ccc(F)cc1C. The van der Waals surface area contributed by atoms with Crippen LogP contribution in [0.4, 0.5) is 4.39 Å². The molecule has 0 saturated heterocycles. The number of aryl methyl sites for hydroxylation is 1. The van der Waals surface area contributed by atoms with Crippen molar-refractivity contribution in [2.24, 2.45) is 0 Å². The molecule has 1 amide bonds. The van der Waals surface area contributed by atoms with Crippen LogP contribution in [-0.2, 0) is 4.74 Å². The van der Waals surface area contributed by atoms with Crippen LogP contribution in [0.15, 0.2) is 18.2 Å². The van der Waals surface area contributed by atoms with Gasteiger partial charge in [0.2, 0.25) is 0 Å². The molecule has 1 aromatic rings. The molecule has 4 heteroatoms. The Labute approximate surface area is 101 Å². The quantitative estimate of drug-likeness (QED) is 0.856. The zero-order valence-corrected chi connectivity index (χ0v) is 10.4. The van der Waals surface area contributed by atoms with E-state index in [9.17, 15) is 9.18 Å². The van der Waals surface area contributed by atoms with Crippen LogP contribution in [0, 0.1) is 12.7 Å². The molecule has 0 saturated carbocycles. The highest BCUT2D eigenvalue weighted by molar-refractivity contribution is 5.95. The standard InChI is InChI=1S/C13H18FNO2/c1-4-17-10(3)8-15-13(16)12-6-5-11(14)7-9(12)2/h5-7,10H,4,8H2,1-3H3,(H,15,16). The van der Waals surface area contributed by atoms with Crippen molar-refractivity contribution in [3.63, 3.8) is 0 Å². The lowest BCUT2D eigenvalue weighted by Gasteiger charge is -2.13. The van der Waals surface area contributed by atoms with Gasteiger partial charge in [-0.1, -0.05) is 0 Å². The third kappa shape index (κ3) is 4.15. The summed E-state index contributed by atoms with van der Waals surface area (Å²) < 4.78 is 18.2. The summed E-state index contributed by atoms with van der Waals surface area (Å²) in [6.07, 6.45) is -0.0234. The van der Waals surface area contributed by atoms with Gasteiger partial charge in [-0.2, -0.15) is 0 Å². The lowest BCUT2D eigenvalue weighted by molar-refractivity contribution is 0.0695. The Kier molecular flexibility index (Phi) is 5.10. The van der Waals surface area contributed by atoms with Gasteiger partial charge in [-0.05, 0) is 44.5 Å². The zero-order valence-electron chi connectivity index (χ0n) is 10.4. The van der Waals surface area contributed by atoms with E-state index in [1.54, 1.807) is 6.92 Å². The molecule has 0 spiro atoms. The summed E-state index contributed by atoms with van der Waals surface area (Å²) in [7, 11) is 0. The highest BCUT2D eigenvalue weighted by Crippen LogP contribution is 2.09. The molecule has 1 atom stereocenters. The summed E-state index contributed by atoms with van der Waals surface area (Å²) in [5.74, 6) is -0.532. The molecule has 1 unspecified atom stereocenters. The third-order valence-corrected chi connectivity index (χ3v) is 2.43. The summed E-state index contributed by atoms with van der Waals surface area (Å²) in [6, 6.07) is 4.13. The number of halogens is 1. The Hall–Kier alpha value is -1.42. The van der Waals surface area contributed by atoms with Gasteiger partial charge in [0.15, 0.2) is 0 Å². The van der Waals surface area contributed by atoms with Crippen LogP contribution in [-0.4, -0.2) is 25.2 Å². The van der Waals surface area contributed by atoms with Gasteiger partial charge in [0.1, 0.15) is 5.82 Å². The lowest BCUT2D eigenvalue weighted by atomic mass is 10.1. The number of hydrogen-bond acceptors (Lipinski definition) is 2. The average molecular weight is 239 g/mol. The number of carbonyl (C=O) groups is 1. The number of amides is 1. The van der Waals surface area contributed by atoms with Gasteiger partial charge in [-0.3, -0.25) is 4.79 Å². The first-order chi connectivity index (χ1) is 8.04. The maximum absolute atomic E-state index is 12.9. The molecular formula is C13H18FNO2. The highest BCUT2D eigenvalue weighted by Gasteiger charge is 2.10. The topological polar surface area (TPSA) is 38.3 Å². The van der Waals surface area contributed by atoms with Gasteiger partial charge >= 0.3 is 0 Å². The first-order valence-corrected chi connectivity index (χ1v) is 5.70. The Morgan fingerprint density at radius 3 is 2.82 bits per heavy atom.